The number of hydrogen-bond acceptors (Lipinski definition) is 5. The average molecular weight is 383 g/mol. The monoisotopic (exact) mass is 383 g/mol. The Kier molecular flexibility index (Phi) is 3.35. The Hall–Kier alpha value is -3.95. The Labute approximate surface area is 155 Å². The third-order valence-electron chi connectivity index (χ3n) is 4.13. The van der Waals surface area contributed by atoms with Gasteiger partial charge in [-0.3, -0.25) is 10.1 Å². The Morgan fingerprint density at radius 2 is 1.96 bits per heavy atom. The van der Waals surface area contributed by atoms with Crippen molar-refractivity contribution < 1.29 is 23.0 Å². The van der Waals surface area contributed by atoms with E-state index in [-0.39, 0.29) is 23.4 Å². The Balaban J connectivity index is 1.40. The molecule has 4 aromatic rings. The summed E-state index contributed by atoms with van der Waals surface area (Å²) in [6.07, 6.45) is -0.383. The topological polar surface area (TPSA) is 105 Å². The number of anilines is 1. The summed E-state index contributed by atoms with van der Waals surface area (Å²) in [5, 5.41) is 2.65. The molecule has 5 rings (SSSR count). The average Bonchev–Trinajstić information content (AvgIpc) is 3.36. The van der Waals surface area contributed by atoms with Gasteiger partial charge >= 0.3 is 6.29 Å². The minimum Gasteiger partial charge on any atom is -0.395 e. The van der Waals surface area contributed by atoms with E-state index in [1.807, 2.05) is 6.07 Å². The van der Waals surface area contributed by atoms with Gasteiger partial charge < -0.3 is 19.4 Å². The van der Waals surface area contributed by atoms with Crippen LogP contribution in [0.15, 0.2) is 48.8 Å². The number of imidazole rings is 2. The summed E-state index contributed by atoms with van der Waals surface area (Å²) in [5.74, 6) is 0.195. The van der Waals surface area contributed by atoms with Crippen molar-refractivity contribution in [1.29, 1.82) is 0 Å². The SMILES string of the molecule is O=C(Nc1nc2cc3c(cc2[nH]1)OC(F)(F)O3)c1cccc(-c2ncc[nH]2)c1. The number of fused-ring (bicyclic) bond motifs is 2. The molecule has 0 bridgehead atoms. The van der Waals surface area contributed by atoms with Gasteiger partial charge in [-0.1, -0.05) is 12.1 Å². The molecule has 0 saturated carbocycles. The van der Waals surface area contributed by atoms with Gasteiger partial charge in [0.15, 0.2) is 11.5 Å². The number of ether oxygens (including phenoxy) is 2. The van der Waals surface area contributed by atoms with Gasteiger partial charge in [0.05, 0.1) is 11.0 Å². The van der Waals surface area contributed by atoms with Crippen LogP contribution in [-0.2, 0) is 0 Å². The molecule has 3 N–H and O–H groups in total. The number of carbonyl (C=O) groups is 1. The Morgan fingerprint density at radius 3 is 2.75 bits per heavy atom. The molecule has 8 nitrogen and oxygen atoms in total. The third-order valence-corrected chi connectivity index (χ3v) is 4.13. The lowest BCUT2D eigenvalue weighted by atomic mass is 10.1. The van der Waals surface area contributed by atoms with E-state index < -0.39 is 6.29 Å². The number of carbonyl (C=O) groups excluding carboxylic acids is 1. The summed E-state index contributed by atoms with van der Waals surface area (Å²) in [4.78, 5) is 26.7. The van der Waals surface area contributed by atoms with Gasteiger partial charge in [-0.25, -0.2) is 9.97 Å². The molecule has 140 valence electrons. The number of aromatic amines is 2. The number of benzene rings is 2. The molecule has 10 heteroatoms. The second-order valence-electron chi connectivity index (χ2n) is 6.04. The summed E-state index contributed by atoms with van der Waals surface area (Å²) >= 11 is 0. The number of nitrogens with zero attached hydrogens (tertiary/aromatic N) is 2. The largest absolute Gasteiger partial charge is 0.586 e. The first-order chi connectivity index (χ1) is 13.5. The maximum atomic E-state index is 13.1. The Morgan fingerprint density at radius 1 is 1.14 bits per heavy atom. The Bertz CT molecular complexity index is 1160. The molecule has 0 atom stereocenters. The third kappa shape index (κ3) is 2.80. The van der Waals surface area contributed by atoms with Gasteiger partial charge in [-0.2, -0.15) is 0 Å². The number of H-pyrrole nitrogens is 2. The van der Waals surface area contributed by atoms with Gasteiger partial charge in [0.25, 0.3) is 5.91 Å². The van der Waals surface area contributed by atoms with Crippen molar-refractivity contribution >= 4 is 22.9 Å². The van der Waals surface area contributed by atoms with Gasteiger partial charge in [-0.05, 0) is 12.1 Å². The van der Waals surface area contributed by atoms with Gasteiger partial charge in [0.2, 0.25) is 5.95 Å². The van der Waals surface area contributed by atoms with Crippen LogP contribution in [0.3, 0.4) is 0 Å². The molecular weight excluding hydrogens is 372 g/mol. The molecule has 0 unspecified atom stereocenters. The van der Waals surface area contributed by atoms with E-state index in [1.54, 1.807) is 30.6 Å². The van der Waals surface area contributed by atoms with Crippen molar-refractivity contribution in [3.8, 4) is 22.9 Å². The molecule has 3 heterocycles. The highest BCUT2D eigenvalue weighted by atomic mass is 19.3. The fraction of sp³-hybridized carbons (Fsp3) is 0.0556. The molecule has 1 aliphatic heterocycles. The number of halogens is 2. The summed E-state index contributed by atoms with van der Waals surface area (Å²) in [5.41, 5.74) is 1.93. The summed E-state index contributed by atoms with van der Waals surface area (Å²) in [6.45, 7) is 0. The predicted molar refractivity (Wildman–Crippen MR) is 94.3 cm³/mol. The fourth-order valence-electron chi connectivity index (χ4n) is 2.92. The van der Waals surface area contributed by atoms with E-state index in [9.17, 15) is 13.6 Å². The fourth-order valence-corrected chi connectivity index (χ4v) is 2.92. The molecule has 0 aliphatic carbocycles. The van der Waals surface area contributed by atoms with Gasteiger partial charge in [0.1, 0.15) is 5.82 Å². The van der Waals surface area contributed by atoms with Crippen molar-refractivity contribution in [1.82, 2.24) is 19.9 Å². The van der Waals surface area contributed by atoms with Crippen LogP contribution >= 0.6 is 0 Å². The van der Waals surface area contributed by atoms with Crippen molar-refractivity contribution in [2.24, 2.45) is 0 Å². The predicted octanol–water partition coefficient (Wildman–Crippen LogP) is 3.53. The highest BCUT2D eigenvalue weighted by Crippen LogP contribution is 2.42. The van der Waals surface area contributed by atoms with Crippen LogP contribution in [0.1, 0.15) is 10.4 Å². The molecule has 1 aliphatic rings. The van der Waals surface area contributed by atoms with Crippen molar-refractivity contribution in [2.45, 2.75) is 6.29 Å². The number of nitrogens with one attached hydrogen (secondary N) is 3. The van der Waals surface area contributed by atoms with E-state index in [0.717, 1.165) is 5.56 Å². The van der Waals surface area contributed by atoms with E-state index in [1.165, 1.54) is 12.1 Å². The van der Waals surface area contributed by atoms with Crippen LogP contribution in [0.2, 0.25) is 0 Å². The number of aromatic nitrogens is 4. The first-order valence-electron chi connectivity index (χ1n) is 8.18. The first kappa shape index (κ1) is 16.2. The van der Waals surface area contributed by atoms with E-state index in [4.69, 9.17) is 0 Å². The summed E-state index contributed by atoms with van der Waals surface area (Å²) < 4.78 is 35.1. The quantitative estimate of drug-likeness (QED) is 0.502. The molecule has 0 radical (unpaired) electrons. The molecule has 2 aromatic carbocycles. The number of amides is 1. The van der Waals surface area contributed by atoms with Crippen LogP contribution in [-0.4, -0.2) is 32.1 Å². The van der Waals surface area contributed by atoms with Crippen molar-refractivity contribution in [3.05, 3.63) is 54.4 Å². The molecule has 28 heavy (non-hydrogen) atoms. The smallest absolute Gasteiger partial charge is 0.395 e. The maximum Gasteiger partial charge on any atom is 0.586 e. The molecule has 0 spiro atoms. The van der Waals surface area contributed by atoms with E-state index in [2.05, 4.69) is 34.7 Å². The summed E-state index contributed by atoms with van der Waals surface area (Å²) in [7, 11) is 0. The zero-order chi connectivity index (χ0) is 19.3. The minimum atomic E-state index is -3.70. The zero-order valence-electron chi connectivity index (χ0n) is 14.0. The standard InChI is InChI=1S/C18H11F2N5O3/c19-18(20)27-13-7-11-12(8-14(13)28-18)24-17(23-11)25-16(26)10-3-1-2-9(6-10)15-21-4-5-22-15/h1-8H,(H,21,22)(H2,23,24,25,26). The number of alkyl halides is 2. The lowest BCUT2D eigenvalue weighted by Crippen LogP contribution is -2.25. The van der Waals surface area contributed by atoms with Gasteiger partial charge in [-0.15, -0.1) is 8.78 Å². The minimum absolute atomic E-state index is 0.106. The molecule has 2 aromatic heterocycles. The van der Waals surface area contributed by atoms with Crippen LogP contribution in [0, 0.1) is 0 Å². The number of hydrogen-bond donors (Lipinski definition) is 3. The van der Waals surface area contributed by atoms with E-state index >= 15 is 0 Å². The highest BCUT2D eigenvalue weighted by Gasteiger charge is 2.43. The van der Waals surface area contributed by atoms with Crippen molar-refractivity contribution in [2.75, 3.05) is 5.32 Å². The molecule has 0 saturated heterocycles. The van der Waals surface area contributed by atoms with Crippen LogP contribution in [0.5, 0.6) is 11.5 Å². The summed E-state index contributed by atoms with van der Waals surface area (Å²) in [6, 6.07) is 9.57. The second-order valence-corrected chi connectivity index (χ2v) is 6.04. The zero-order valence-corrected chi connectivity index (χ0v) is 14.0. The normalized spacial score (nSPS) is 14.4. The van der Waals surface area contributed by atoms with Crippen LogP contribution in [0.4, 0.5) is 14.7 Å². The lowest BCUT2D eigenvalue weighted by molar-refractivity contribution is -0.286. The molecule has 0 fully saturated rings. The second kappa shape index (κ2) is 5.78. The van der Waals surface area contributed by atoms with Crippen LogP contribution in [0.25, 0.3) is 22.4 Å². The maximum absolute atomic E-state index is 13.1. The number of rotatable bonds is 3. The molecule has 1 amide bonds. The van der Waals surface area contributed by atoms with Gasteiger partial charge in [0, 0.05) is 35.7 Å². The highest BCUT2D eigenvalue weighted by molar-refractivity contribution is 6.04. The van der Waals surface area contributed by atoms with Crippen molar-refractivity contribution in [3.63, 3.8) is 0 Å². The van der Waals surface area contributed by atoms with Crippen LogP contribution < -0.4 is 14.8 Å². The molecular formula is C18H11F2N5O3. The first-order valence-corrected chi connectivity index (χ1v) is 8.18. The lowest BCUT2D eigenvalue weighted by Gasteiger charge is -2.04. The van der Waals surface area contributed by atoms with E-state index in [0.29, 0.717) is 22.4 Å².